The average molecular weight is 376 g/mol. The Balaban J connectivity index is 2.18. The number of anilines is 1. The summed E-state index contributed by atoms with van der Waals surface area (Å²) in [6, 6.07) is 11.5. The first kappa shape index (κ1) is 19.5. The number of primary sulfonamides is 1. The normalized spacial score (nSPS) is 11.3. The summed E-state index contributed by atoms with van der Waals surface area (Å²) in [6.45, 7) is 2.39. The average Bonchev–Trinajstić information content (AvgIpc) is 2.60. The summed E-state index contributed by atoms with van der Waals surface area (Å²) < 4.78 is 33.7. The maximum absolute atomic E-state index is 12.1. The van der Waals surface area contributed by atoms with Crippen LogP contribution in [-0.4, -0.2) is 28.0 Å². The summed E-state index contributed by atoms with van der Waals surface area (Å²) in [5.41, 5.74) is 1.03. The molecule has 3 N–H and O–H groups in total. The molecule has 0 unspecified atom stereocenters. The summed E-state index contributed by atoms with van der Waals surface area (Å²) in [5.74, 6) is 0.341. The van der Waals surface area contributed by atoms with Gasteiger partial charge in [0.15, 0.2) is 0 Å². The fraction of sp³-hybridized carbons (Fsp3) is 0.167. The molecule has 138 valence electrons. The summed E-state index contributed by atoms with van der Waals surface area (Å²) in [7, 11) is -2.65. The van der Waals surface area contributed by atoms with Crippen molar-refractivity contribution in [1.82, 2.24) is 0 Å². The van der Waals surface area contributed by atoms with Crippen LogP contribution in [0.3, 0.4) is 0 Å². The highest BCUT2D eigenvalue weighted by atomic mass is 32.2. The molecule has 1 amide bonds. The van der Waals surface area contributed by atoms with Gasteiger partial charge in [-0.15, -0.1) is 0 Å². The van der Waals surface area contributed by atoms with Gasteiger partial charge in [0.1, 0.15) is 16.4 Å². The molecule has 2 aromatic carbocycles. The van der Waals surface area contributed by atoms with Crippen molar-refractivity contribution in [3.8, 4) is 11.5 Å². The largest absolute Gasteiger partial charge is 0.495 e. The van der Waals surface area contributed by atoms with Crippen molar-refractivity contribution in [1.29, 1.82) is 0 Å². The predicted octanol–water partition coefficient (Wildman–Crippen LogP) is 2.39. The zero-order valence-corrected chi connectivity index (χ0v) is 15.2. The quantitative estimate of drug-likeness (QED) is 0.722. The fourth-order valence-corrected chi connectivity index (χ4v) is 2.95. The maximum atomic E-state index is 12.1. The third kappa shape index (κ3) is 5.08. The van der Waals surface area contributed by atoms with Gasteiger partial charge in [0.05, 0.1) is 13.7 Å². The van der Waals surface area contributed by atoms with Gasteiger partial charge in [-0.1, -0.05) is 18.2 Å². The number of hydrogen-bond acceptors (Lipinski definition) is 5. The number of benzene rings is 2. The smallest absolute Gasteiger partial charge is 0.248 e. The second kappa shape index (κ2) is 8.50. The number of rotatable bonds is 7. The van der Waals surface area contributed by atoms with E-state index in [1.165, 1.54) is 31.4 Å². The Morgan fingerprint density at radius 3 is 2.58 bits per heavy atom. The first-order valence-corrected chi connectivity index (χ1v) is 9.31. The van der Waals surface area contributed by atoms with Crippen LogP contribution in [0.1, 0.15) is 12.5 Å². The zero-order valence-electron chi connectivity index (χ0n) is 14.4. The van der Waals surface area contributed by atoms with Gasteiger partial charge in [-0.2, -0.15) is 0 Å². The second-order valence-electron chi connectivity index (χ2n) is 5.20. The van der Waals surface area contributed by atoms with Crippen LogP contribution in [-0.2, 0) is 14.8 Å². The van der Waals surface area contributed by atoms with E-state index in [0.717, 1.165) is 5.56 Å². The van der Waals surface area contributed by atoms with Crippen molar-refractivity contribution >= 4 is 27.7 Å². The molecule has 0 heterocycles. The number of para-hydroxylation sites is 1. The van der Waals surface area contributed by atoms with E-state index in [2.05, 4.69) is 5.32 Å². The summed E-state index contributed by atoms with van der Waals surface area (Å²) in [4.78, 5) is 11.9. The molecule has 0 fully saturated rings. The van der Waals surface area contributed by atoms with E-state index in [4.69, 9.17) is 14.6 Å². The minimum absolute atomic E-state index is 0.103. The van der Waals surface area contributed by atoms with Crippen molar-refractivity contribution < 1.29 is 22.7 Å². The molecule has 2 rings (SSSR count). The highest BCUT2D eigenvalue weighted by Gasteiger charge is 2.16. The van der Waals surface area contributed by atoms with Crippen LogP contribution in [0.25, 0.3) is 6.08 Å². The van der Waals surface area contributed by atoms with E-state index < -0.39 is 15.9 Å². The highest BCUT2D eigenvalue weighted by molar-refractivity contribution is 7.89. The van der Waals surface area contributed by atoms with Gasteiger partial charge in [0.2, 0.25) is 15.9 Å². The van der Waals surface area contributed by atoms with Crippen LogP contribution in [0.4, 0.5) is 5.69 Å². The highest BCUT2D eigenvalue weighted by Crippen LogP contribution is 2.26. The topological polar surface area (TPSA) is 108 Å². The molecule has 0 spiro atoms. The van der Waals surface area contributed by atoms with E-state index in [1.54, 1.807) is 6.08 Å². The Labute approximate surface area is 152 Å². The van der Waals surface area contributed by atoms with E-state index >= 15 is 0 Å². The summed E-state index contributed by atoms with van der Waals surface area (Å²) in [5, 5.41) is 7.75. The van der Waals surface area contributed by atoms with Crippen LogP contribution in [0.2, 0.25) is 0 Å². The number of carbonyl (C=O) groups is 1. The molecule has 8 heteroatoms. The Morgan fingerprint density at radius 1 is 1.19 bits per heavy atom. The molecule has 0 radical (unpaired) electrons. The molecular weight excluding hydrogens is 356 g/mol. The third-order valence-corrected chi connectivity index (χ3v) is 4.30. The first-order chi connectivity index (χ1) is 12.3. The lowest BCUT2D eigenvalue weighted by Gasteiger charge is -2.09. The van der Waals surface area contributed by atoms with Crippen molar-refractivity contribution in [3.63, 3.8) is 0 Å². The molecule has 0 saturated carbocycles. The van der Waals surface area contributed by atoms with Gasteiger partial charge in [-0.3, -0.25) is 4.79 Å². The lowest BCUT2D eigenvalue weighted by molar-refractivity contribution is -0.111. The summed E-state index contributed by atoms with van der Waals surface area (Å²) in [6.07, 6.45) is 2.95. The Hall–Kier alpha value is -2.84. The minimum atomic E-state index is -3.98. The predicted molar refractivity (Wildman–Crippen MR) is 99.6 cm³/mol. The molecule has 0 bridgehead atoms. The van der Waals surface area contributed by atoms with Gasteiger partial charge in [-0.25, -0.2) is 13.6 Å². The summed E-state index contributed by atoms with van der Waals surface area (Å²) >= 11 is 0. The van der Waals surface area contributed by atoms with Crippen LogP contribution in [0, 0.1) is 0 Å². The molecule has 0 aromatic heterocycles. The van der Waals surface area contributed by atoms with Crippen molar-refractivity contribution in [2.75, 3.05) is 19.0 Å². The van der Waals surface area contributed by atoms with Gasteiger partial charge >= 0.3 is 0 Å². The van der Waals surface area contributed by atoms with Crippen molar-refractivity contribution in [2.24, 2.45) is 5.14 Å². The molecule has 0 aliphatic heterocycles. The number of nitrogens with two attached hydrogens (primary N) is 1. The van der Waals surface area contributed by atoms with E-state index in [0.29, 0.717) is 12.4 Å². The number of ether oxygens (including phenoxy) is 2. The molecule has 0 aliphatic carbocycles. The third-order valence-electron chi connectivity index (χ3n) is 3.37. The van der Waals surface area contributed by atoms with Gasteiger partial charge in [-0.05, 0) is 37.3 Å². The SMILES string of the molecule is CCOc1ccccc1/C=C/C(=O)Nc1ccc(OC)c(S(N)(=O)=O)c1. The van der Waals surface area contributed by atoms with E-state index in [-0.39, 0.29) is 16.3 Å². The molecule has 26 heavy (non-hydrogen) atoms. The molecular formula is C18H20N2O5S. The number of amides is 1. The van der Waals surface area contributed by atoms with E-state index in [1.807, 2.05) is 31.2 Å². The number of hydrogen-bond donors (Lipinski definition) is 2. The van der Waals surface area contributed by atoms with Crippen molar-refractivity contribution in [3.05, 3.63) is 54.1 Å². The van der Waals surface area contributed by atoms with Crippen LogP contribution in [0.5, 0.6) is 11.5 Å². The second-order valence-corrected chi connectivity index (χ2v) is 6.73. The van der Waals surface area contributed by atoms with Gasteiger partial charge < -0.3 is 14.8 Å². The Bertz CT molecular complexity index is 923. The number of sulfonamides is 1. The fourth-order valence-electron chi connectivity index (χ4n) is 2.23. The first-order valence-electron chi connectivity index (χ1n) is 7.77. The minimum Gasteiger partial charge on any atom is -0.495 e. The maximum Gasteiger partial charge on any atom is 0.248 e. The van der Waals surface area contributed by atoms with E-state index in [9.17, 15) is 13.2 Å². The van der Waals surface area contributed by atoms with Crippen molar-refractivity contribution in [2.45, 2.75) is 11.8 Å². The van der Waals surface area contributed by atoms with Crippen LogP contribution >= 0.6 is 0 Å². The molecule has 0 saturated heterocycles. The number of methoxy groups -OCH3 is 1. The van der Waals surface area contributed by atoms with Crippen LogP contribution < -0.4 is 19.9 Å². The molecule has 2 aromatic rings. The standard InChI is InChI=1S/C18H20N2O5S/c1-3-25-15-7-5-4-6-13(15)8-11-18(21)20-14-9-10-16(24-2)17(12-14)26(19,22)23/h4-12H,3H2,1-2H3,(H,20,21)(H2,19,22,23)/b11-8+. The lowest BCUT2D eigenvalue weighted by atomic mass is 10.2. The lowest BCUT2D eigenvalue weighted by Crippen LogP contribution is -2.15. The Morgan fingerprint density at radius 2 is 1.92 bits per heavy atom. The molecule has 0 aliphatic rings. The number of nitrogens with one attached hydrogen (secondary N) is 1. The monoisotopic (exact) mass is 376 g/mol. The van der Waals surface area contributed by atoms with Gasteiger partial charge in [0, 0.05) is 17.3 Å². The zero-order chi connectivity index (χ0) is 19.2. The molecule has 0 atom stereocenters. The Kier molecular flexibility index (Phi) is 6.37. The van der Waals surface area contributed by atoms with Crippen LogP contribution in [0.15, 0.2) is 53.4 Å². The molecule has 7 nitrogen and oxygen atoms in total. The van der Waals surface area contributed by atoms with Gasteiger partial charge in [0.25, 0.3) is 0 Å². The number of carbonyl (C=O) groups excluding carboxylic acids is 1.